The summed E-state index contributed by atoms with van der Waals surface area (Å²) in [5.41, 5.74) is 0.740. The van der Waals surface area contributed by atoms with Gasteiger partial charge in [-0.25, -0.2) is 0 Å². The van der Waals surface area contributed by atoms with Gasteiger partial charge in [-0.2, -0.15) is 0 Å². The number of rotatable bonds is 8. The second kappa shape index (κ2) is 7.71. The summed E-state index contributed by atoms with van der Waals surface area (Å²) in [5.74, 6) is -1.08. The lowest BCUT2D eigenvalue weighted by atomic mass is 10.0. The molecule has 0 bridgehead atoms. The van der Waals surface area contributed by atoms with E-state index in [0.717, 1.165) is 24.8 Å². The monoisotopic (exact) mass is 268 g/mol. The van der Waals surface area contributed by atoms with E-state index in [1.807, 2.05) is 0 Å². The van der Waals surface area contributed by atoms with Gasteiger partial charge in [0.2, 0.25) is 0 Å². The third-order valence-corrected chi connectivity index (χ3v) is 3.04. The van der Waals surface area contributed by atoms with Crippen molar-refractivity contribution in [1.29, 1.82) is 0 Å². The van der Waals surface area contributed by atoms with Crippen molar-refractivity contribution in [3.05, 3.63) is 11.6 Å². The highest BCUT2D eigenvalue weighted by Crippen LogP contribution is 2.22. The molecule has 1 unspecified atom stereocenters. The first-order valence-electron chi connectivity index (χ1n) is 6.62. The number of carbonyl (C=O) groups excluding carboxylic acids is 2. The molecule has 1 aliphatic rings. The average Bonchev–Trinajstić information content (AvgIpc) is 2.62. The molecular weight excluding hydrogens is 248 g/mol. The predicted octanol–water partition coefficient (Wildman–Crippen LogP) is 2.24. The lowest BCUT2D eigenvalue weighted by molar-refractivity contribution is -0.144. The number of ether oxygens (including phenoxy) is 1. The first-order valence-corrected chi connectivity index (χ1v) is 6.62. The predicted molar refractivity (Wildman–Crippen MR) is 68.6 cm³/mol. The highest BCUT2D eigenvalue weighted by molar-refractivity contribution is 5.98. The topological polar surface area (TPSA) is 80.7 Å². The van der Waals surface area contributed by atoms with E-state index < -0.39 is 12.1 Å². The lowest BCUT2D eigenvalue weighted by Gasteiger charge is -2.05. The Morgan fingerprint density at radius 2 is 2.00 bits per heavy atom. The van der Waals surface area contributed by atoms with Crippen molar-refractivity contribution < 1.29 is 24.2 Å². The Hall–Kier alpha value is -1.65. The van der Waals surface area contributed by atoms with Crippen LogP contribution in [0.3, 0.4) is 0 Å². The Bertz CT molecular complexity index is 383. The van der Waals surface area contributed by atoms with Crippen LogP contribution in [0, 0.1) is 0 Å². The van der Waals surface area contributed by atoms with Crippen LogP contribution in [0.25, 0.3) is 0 Å². The molecule has 5 nitrogen and oxygen atoms in total. The zero-order valence-corrected chi connectivity index (χ0v) is 11.2. The fraction of sp³-hybridized carbons (Fsp3) is 0.643. The van der Waals surface area contributed by atoms with Gasteiger partial charge in [0, 0.05) is 13.3 Å². The Morgan fingerprint density at radius 3 is 2.63 bits per heavy atom. The molecule has 106 valence electrons. The fourth-order valence-corrected chi connectivity index (χ4v) is 2.15. The van der Waals surface area contributed by atoms with E-state index in [1.165, 1.54) is 6.92 Å². The minimum Gasteiger partial charge on any atom is -0.481 e. The number of hydrogen-bond donors (Lipinski definition) is 1. The molecule has 0 aromatic heterocycles. The van der Waals surface area contributed by atoms with E-state index in [4.69, 9.17) is 9.84 Å². The Labute approximate surface area is 112 Å². The molecule has 0 aliphatic heterocycles. The Kier molecular flexibility index (Phi) is 6.25. The van der Waals surface area contributed by atoms with Crippen LogP contribution in [0.5, 0.6) is 0 Å². The van der Waals surface area contributed by atoms with Gasteiger partial charge in [0.05, 0.1) is 6.42 Å². The normalized spacial score (nSPS) is 18.3. The van der Waals surface area contributed by atoms with Crippen molar-refractivity contribution in [2.24, 2.45) is 0 Å². The molecule has 1 atom stereocenters. The van der Waals surface area contributed by atoms with Gasteiger partial charge in [-0.05, 0) is 30.9 Å². The van der Waals surface area contributed by atoms with Crippen LogP contribution >= 0.6 is 0 Å². The molecule has 0 fully saturated rings. The number of carboxylic acids is 1. The molecule has 1 aliphatic carbocycles. The third-order valence-electron chi connectivity index (χ3n) is 3.04. The van der Waals surface area contributed by atoms with E-state index in [-0.39, 0.29) is 24.6 Å². The summed E-state index contributed by atoms with van der Waals surface area (Å²) in [6.45, 7) is 1.33. The van der Waals surface area contributed by atoms with Crippen molar-refractivity contribution in [2.75, 3.05) is 0 Å². The maximum absolute atomic E-state index is 11.6. The van der Waals surface area contributed by atoms with Gasteiger partial charge in [-0.15, -0.1) is 0 Å². The minimum absolute atomic E-state index is 0.0526. The van der Waals surface area contributed by atoms with Crippen LogP contribution in [0.1, 0.15) is 51.9 Å². The van der Waals surface area contributed by atoms with Crippen LogP contribution in [0.4, 0.5) is 0 Å². The highest BCUT2D eigenvalue weighted by atomic mass is 16.5. The van der Waals surface area contributed by atoms with Crippen molar-refractivity contribution >= 4 is 17.7 Å². The second-order valence-corrected chi connectivity index (χ2v) is 4.78. The summed E-state index contributed by atoms with van der Waals surface area (Å²) in [6.07, 6.45) is 5.81. The fourth-order valence-electron chi connectivity index (χ4n) is 2.15. The van der Waals surface area contributed by atoms with Crippen molar-refractivity contribution in [3.63, 3.8) is 0 Å². The minimum atomic E-state index is -0.766. The van der Waals surface area contributed by atoms with Crippen molar-refractivity contribution in [1.82, 2.24) is 0 Å². The Morgan fingerprint density at radius 1 is 1.32 bits per heavy atom. The van der Waals surface area contributed by atoms with Crippen LogP contribution in [-0.4, -0.2) is 28.9 Å². The average molecular weight is 268 g/mol. The zero-order valence-electron chi connectivity index (χ0n) is 11.2. The molecule has 0 saturated carbocycles. The summed E-state index contributed by atoms with van der Waals surface area (Å²) in [5, 5.41) is 8.48. The van der Waals surface area contributed by atoms with E-state index in [1.54, 1.807) is 6.08 Å². The first kappa shape index (κ1) is 15.4. The van der Waals surface area contributed by atoms with Gasteiger partial charge >= 0.3 is 11.9 Å². The number of esters is 1. The van der Waals surface area contributed by atoms with E-state index in [2.05, 4.69) is 0 Å². The molecule has 0 amide bonds. The SMILES string of the molecule is CC(=O)OC1C=C(CCCCCCC(=O)O)C(=O)C1. The summed E-state index contributed by atoms with van der Waals surface area (Å²) in [7, 11) is 0. The third kappa shape index (κ3) is 6.18. The first-order chi connectivity index (χ1) is 8.99. The number of aliphatic carboxylic acids is 1. The van der Waals surface area contributed by atoms with Crippen LogP contribution in [-0.2, 0) is 19.1 Å². The molecule has 19 heavy (non-hydrogen) atoms. The smallest absolute Gasteiger partial charge is 0.303 e. The quantitative estimate of drug-likeness (QED) is 0.539. The summed E-state index contributed by atoms with van der Waals surface area (Å²) >= 11 is 0. The van der Waals surface area contributed by atoms with Crippen molar-refractivity contribution in [2.45, 2.75) is 58.0 Å². The van der Waals surface area contributed by atoms with Gasteiger partial charge < -0.3 is 9.84 Å². The number of unbranched alkanes of at least 4 members (excludes halogenated alkanes) is 3. The summed E-state index contributed by atoms with van der Waals surface area (Å²) < 4.78 is 4.98. The van der Waals surface area contributed by atoms with Crippen molar-refractivity contribution in [3.8, 4) is 0 Å². The standard InChI is InChI=1S/C14H20O5/c1-10(15)19-12-8-11(13(16)9-12)6-4-2-3-5-7-14(17)18/h8,12H,2-7,9H2,1H3,(H,17,18). The molecule has 1 N–H and O–H groups in total. The molecular formula is C14H20O5. The number of carbonyl (C=O) groups is 3. The number of hydrogen-bond acceptors (Lipinski definition) is 4. The number of ketones is 1. The van der Waals surface area contributed by atoms with Crippen LogP contribution < -0.4 is 0 Å². The van der Waals surface area contributed by atoms with E-state index in [9.17, 15) is 14.4 Å². The maximum atomic E-state index is 11.6. The number of Topliss-reactive ketones (excluding diaryl/α,β-unsaturated/α-hetero) is 1. The van der Waals surface area contributed by atoms with Gasteiger partial charge in [0.25, 0.3) is 0 Å². The van der Waals surface area contributed by atoms with Gasteiger partial charge in [0.15, 0.2) is 5.78 Å². The molecule has 0 aromatic rings. The number of allylic oxidation sites excluding steroid dienone is 1. The maximum Gasteiger partial charge on any atom is 0.303 e. The van der Waals surface area contributed by atoms with Crippen LogP contribution in [0.2, 0.25) is 0 Å². The zero-order chi connectivity index (χ0) is 14.3. The summed E-state index contributed by atoms with van der Waals surface area (Å²) in [6, 6.07) is 0. The van der Waals surface area contributed by atoms with Crippen LogP contribution in [0.15, 0.2) is 11.6 Å². The molecule has 5 heteroatoms. The molecule has 0 heterocycles. The van der Waals surface area contributed by atoms with Gasteiger partial charge in [0.1, 0.15) is 6.10 Å². The highest BCUT2D eigenvalue weighted by Gasteiger charge is 2.25. The van der Waals surface area contributed by atoms with Gasteiger partial charge in [-0.3, -0.25) is 14.4 Å². The molecule has 1 rings (SSSR count). The lowest BCUT2D eigenvalue weighted by Crippen LogP contribution is -2.12. The van der Waals surface area contributed by atoms with Gasteiger partial charge in [-0.1, -0.05) is 12.8 Å². The summed E-state index contributed by atoms with van der Waals surface area (Å²) in [4.78, 5) is 32.7. The molecule has 0 saturated heterocycles. The number of carboxylic acid groups (broad SMARTS) is 1. The molecule has 0 radical (unpaired) electrons. The second-order valence-electron chi connectivity index (χ2n) is 4.78. The largest absolute Gasteiger partial charge is 0.481 e. The van der Waals surface area contributed by atoms with E-state index in [0.29, 0.717) is 12.8 Å². The molecule has 0 aromatic carbocycles. The molecule has 0 spiro atoms. The van der Waals surface area contributed by atoms with E-state index >= 15 is 0 Å². The Balaban J connectivity index is 2.19.